The van der Waals surface area contributed by atoms with Crippen molar-refractivity contribution in [2.45, 2.75) is 6.92 Å². The van der Waals surface area contributed by atoms with Crippen LogP contribution in [0.3, 0.4) is 0 Å². The molecule has 2 rings (SSSR count). The minimum Gasteiger partial charge on any atom is -0.375 e. The third kappa shape index (κ3) is 2.88. The van der Waals surface area contributed by atoms with E-state index in [1.54, 1.807) is 11.6 Å². The molecule has 2 aromatic rings. The lowest BCUT2D eigenvalue weighted by atomic mass is 10.2. The topological polar surface area (TPSA) is 45.2 Å². The van der Waals surface area contributed by atoms with Crippen LogP contribution in [-0.4, -0.2) is 25.0 Å². The summed E-state index contributed by atoms with van der Waals surface area (Å²) >= 11 is 7.49. The van der Waals surface area contributed by atoms with Crippen LogP contribution in [-0.2, 0) is 0 Å². The molecule has 1 aromatic heterocycles. The van der Waals surface area contributed by atoms with Crippen molar-refractivity contribution in [2.24, 2.45) is 0 Å². The number of benzene rings is 1. The fraction of sp³-hybridized carbons (Fsp3) is 0.231. The summed E-state index contributed by atoms with van der Waals surface area (Å²) in [5, 5.41) is 3.48. The van der Waals surface area contributed by atoms with Gasteiger partial charge in [-0.3, -0.25) is 4.79 Å². The van der Waals surface area contributed by atoms with Gasteiger partial charge in [-0.05, 0) is 19.1 Å². The maximum Gasteiger partial charge on any atom is 0.267 e. The molecule has 0 bridgehead atoms. The second-order valence-electron chi connectivity index (χ2n) is 4.25. The summed E-state index contributed by atoms with van der Waals surface area (Å²) < 4.78 is 0. The Hall–Kier alpha value is -1.59. The molecule has 1 aromatic carbocycles. The minimum atomic E-state index is -0.162. The highest BCUT2D eigenvalue weighted by molar-refractivity contribution is 7.12. The van der Waals surface area contributed by atoms with Crippen molar-refractivity contribution < 1.29 is 4.79 Å². The second-order valence-corrected chi connectivity index (χ2v) is 5.51. The number of amides is 1. The normalized spacial score (nSPS) is 10.3. The van der Waals surface area contributed by atoms with Crippen LogP contribution in [0.25, 0.3) is 0 Å². The molecule has 19 heavy (non-hydrogen) atoms. The molecule has 0 atom stereocenters. The number of rotatable bonds is 3. The first-order chi connectivity index (χ1) is 9.00. The number of hydrogen-bond donors (Lipinski definition) is 1. The largest absolute Gasteiger partial charge is 0.375 e. The average molecular weight is 296 g/mol. The monoisotopic (exact) mass is 295 g/mol. The zero-order valence-electron chi connectivity index (χ0n) is 10.9. The van der Waals surface area contributed by atoms with E-state index in [-0.39, 0.29) is 5.91 Å². The molecule has 0 saturated heterocycles. The Morgan fingerprint density at radius 1 is 1.42 bits per heavy atom. The van der Waals surface area contributed by atoms with Crippen molar-refractivity contribution in [3.8, 4) is 0 Å². The molecule has 0 radical (unpaired) electrons. The van der Waals surface area contributed by atoms with Gasteiger partial charge in [-0.25, -0.2) is 4.98 Å². The minimum absolute atomic E-state index is 0.162. The Bertz CT molecular complexity index is 610. The van der Waals surface area contributed by atoms with Crippen molar-refractivity contribution in [1.82, 2.24) is 4.98 Å². The quantitative estimate of drug-likeness (QED) is 0.943. The van der Waals surface area contributed by atoms with Gasteiger partial charge in [0, 0.05) is 14.1 Å². The lowest BCUT2D eigenvalue weighted by Crippen LogP contribution is -2.17. The van der Waals surface area contributed by atoms with Gasteiger partial charge in [0.05, 0.1) is 27.6 Å². The molecule has 1 heterocycles. The molecular formula is C13H14ClN3OS. The molecule has 1 N–H and O–H groups in total. The van der Waals surface area contributed by atoms with Crippen molar-refractivity contribution in [2.75, 3.05) is 24.3 Å². The number of para-hydroxylation sites is 1. The van der Waals surface area contributed by atoms with Crippen molar-refractivity contribution >= 4 is 40.2 Å². The van der Waals surface area contributed by atoms with E-state index >= 15 is 0 Å². The number of carbonyl (C=O) groups is 1. The molecule has 0 aliphatic heterocycles. The van der Waals surface area contributed by atoms with Crippen LogP contribution in [0.1, 0.15) is 15.4 Å². The molecule has 0 aliphatic carbocycles. The van der Waals surface area contributed by atoms with Gasteiger partial charge in [0.2, 0.25) is 0 Å². The second kappa shape index (κ2) is 5.59. The Kier molecular flexibility index (Phi) is 4.07. The Balaban J connectivity index is 2.32. The molecule has 0 spiro atoms. The maximum atomic E-state index is 12.2. The summed E-state index contributed by atoms with van der Waals surface area (Å²) in [5.41, 5.74) is 3.88. The van der Waals surface area contributed by atoms with Gasteiger partial charge in [0.15, 0.2) is 0 Å². The zero-order valence-corrected chi connectivity index (χ0v) is 12.5. The number of nitrogens with one attached hydrogen (secondary N) is 1. The number of nitrogens with zero attached hydrogens (tertiary/aromatic N) is 2. The highest BCUT2D eigenvalue weighted by Crippen LogP contribution is 2.33. The molecule has 0 aliphatic rings. The van der Waals surface area contributed by atoms with Crippen LogP contribution in [0.5, 0.6) is 0 Å². The number of carbonyl (C=O) groups excluding carboxylic acids is 1. The number of anilines is 2. The van der Waals surface area contributed by atoms with E-state index in [2.05, 4.69) is 10.3 Å². The molecule has 1 amide bonds. The van der Waals surface area contributed by atoms with Crippen molar-refractivity contribution in [3.05, 3.63) is 39.3 Å². The third-order valence-corrected chi connectivity index (χ3v) is 3.87. The smallest absolute Gasteiger partial charge is 0.267 e. The molecular weight excluding hydrogens is 282 g/mol. The molecule has 6 heteroatoms. The highest BCUT2D eigenvalue weighted by atomic mass is 35.5. The van der Waals surface area contributed by atoms with Crippen LogP contribution in [0.2, 0.25) is 5.02 Å². The van der Waals surface area contributed by atoms with E-state index in [9.17, 15) is 4.79 Å². The first kappa shape index (κ1) is 13.8. The van der Waals surface area contributed by atoms with E-state index in [1.165, 1.54) is 11.3 Å². The van der Waals surface area contributed by atoms with Gasteiger partial charge in [0.25, 0.3) is 5.91 Å². The SMILES string of the molecule is Cc1ncsc1C(=O)Nc1cccc(Cl)c1N(C)C. The van der Waals surface area contributed by atoms with Gasteiger partial charge >= 0.3 is 0 Å². The van der Waals surface area contributed by atoms with E-state index in [0.717, 1.165) is 11.4 Å². The van der Waals surface area contributed by atoms with Crippen LogP contribution >= 0.6 is 22.9 Å². The fourth-order valence-corrected chi connectivity index (χ4v) is 2.81. The van der Waals surface area contributed by atoms with E-state index in [0.29, 0.717) is 15.6 Å². The van der Waals surface area contributed by atoms with Crippen molar-refractivity contribution in [3.63, 3.8) is 0 Å². The van der Waals surface area contributed by atoms with E-state index < -0.39 is 0 Å². The van der Waals surface area contributed by atoms with Crippen LogP contribution < -0.4 is 10.2 Å². The summed E-state index contributed by atoms with van der Waals surface area (Å²) in [5.74, 6) is -0.162. The molecule has 4 nitrogen and oxygen atoms in total. The molecule has 100 valence electrons. The van der Waals surface area contributed by atoms with Crippen LogP contribution in [0.4, 0.5) is 11.4 Å². The number of halogens is 1. The number of thiazole rings is 1. The van der Waals surface area contributed by atoms with Gasteiger partial charge < -0.3 is 10.2 Å². The zero-order chi connectivity index (χ0) is 14.0. The van der Waals surface area contributed by atoms with Crippen LogP contribution in [0.15, 0.2) is 23.7 Å². The Morgan fingerprint density at radius 2 is 2.16 bits per heavy atom. The molecule has 0 unspecified atom stereocenters. The van der Waals surface area contributed by atoms with Crippen molar-refractivity contribution in [1.29, 1.82) is 0 Å². The fourth-order valence-electron chi connectivity index (χ4n) is 1.77. The summed E-state index contributed by atoms with van der Waals surface area (Å²) in [6, 6.07) is 5.43. The average Bonchev–Trinajstić information content (AvgIpc) is 2.75. The third-order valence-electron chi connectivity index (χ3n) is 2.63. The van der Waals surface area contributed by atoms with E-state index in [4.69, 9.17) is 11.6 Å². The summed E-state index contributed by atoms with van der Waals surface area (Å²) in [7, 11) is 3.77. The number of aryl methyl sites for hydroxylation is 1. The van der Waals surface area contributed by atoms with Gasteiger partial charge in [-0.15, -0.1) is 11.3 Å². The molecule has 0 fully saturated rings. The summed E-state index contributed by atoms with van der Waals surface area (Å²) in [6.07, 6.45) is 0. The number of hydrogen-bond acceptors (Lipinski definition) is 4. The van der Waals surface area contributed by atoms with Gasteiger partial charge in [0.1, 0.15) is 4.88 Å². The van der Waals surface area contributed by atoms with E-state index in [1.807, 2.05) is 38.1 Å². The standard InChI is InChI=1S/C13H14ClN3OS/c1-8-12(19-7-15-8)13(18)16-10-6-4-5-9(14)11(10)17(2)3/h4-7H,1-3H3,(H,16,18). The lowest BCUT2D eigenvalue weighted by molar-refractivity contribution is 0.103. The van der Waals surface area contributed by atoms with Crippen LogP contribution in [0, 0.1) is 6.92 Å². The van der Waals surface area contributed by atoms with Gasteiger partial charge in [-0.2, -0.15) is 0 Å². The summed E-state index contributed by atoms with van der Waals surface area (Å²) in [4.78, 5) is 18.7. The van der Waals surface area contributed by atoms with Gasteiger partial charge in [-0.1, -0.05) is 17.7 Å². The predicted octanol–water partition coefficient (Wildman–Crippen LogP) is 3.42. The lowest BCUT2D eigenvalue weighted by Gasteiger charge is -2.19. The predicted molar refractivity (Wildman–Crippen MR) is 80.6 cm³/mol. The highest BCUT2D eigenvalue weighted by Gasteiger charge is 2.15. The Labute approximate surface area is 121 Å². The molecule has 0 saturated carbocycles. The maximum absolute atomic E-state index is 12.2. The Morgan fingerprint density at radius 3 is 2.74 bits per heavy atom. The first-order valence-electron chi connectivity index (χ1n) is 5.68. The number of aromatic nitrogens is 1. The first-order valence-corrected chi connectivity index (χ1v) is 6.93. The summed E-state index contributed by atoms with van der Waals surface area (Å²) in [6.45, 7) is 1.82.